The van der Waals surface area contributed by atoms with Crippen LogP contribution in [0.3, 0.4) is 0 Å². The zero-order valence-corrected chi connectivity index (χ0v) is 12.9. The van der Waals surface area contributed by atoms with Crippen molar-refractivity contribution in [2.24, 2.45) is 5.92 Å². The second-order valence-electron chi connectivity index (χ2n) is 5.55. The number of piperazine rings is 1. The predicted molar refractivity (Wildman–Crippen MR) is 81.0 cm³/mol. The Balaban J connectivity index is 2.05. The fraction of sp³-hybridized carbons (Fsp3) is 0.500. The maximum Gasteiger partial charge on any atom is 0.256 e. The molecule has 0 bridgehead atoms. The van der Waals surface area contributed by atoms with Crippen molar-refractivity contribution in [3.8, 4) is 0 Å². The summed E-state index contributed by atoms with van der Waals surface area (Å²) < 4.78 is 0. The molecule has 0 aliphatic carbocycles. The molecule has 2 N–H and O–H groups in total. The number of hydrogen-bond donors (Lipinski definition) is 1. The molecule has 1 aromatic heterocycles. The van der Waals surface area contributed by atoms with Crippen molar-refractivity contribution < 1.29 is 9.59 Å². The van der Waals surface area contributed by atoms with E-state index in [0.29, 0.717) is 24.6 Å². The highest BCUT2D eigenvalue weighted by Crippen LogP contribution is 2.18. The molecule has 2 rings (SSSR count). The number of amides is 2. The topological polar surface area (TPSA) is 79.5 Å². The number of nitrogens with zero attached hydrogens (tertiary/aromatic N) is 3. The molecule has 1 fully saturated rings. The third-order valence-corrected chi connectivity index (χ3v) is 3.61. The SMILES string of the molecule is CC(C)CN1CCN(C(=O)c2cnc(N)c(Cl)c2)CC1=O. The lowest BCUT2D eigenvalue weighted by molar-refractivity contribution is -0.135. The zero-order valence-electron chi connectivity index (χ0n) is 12.2. The first-order valence-corrected chi connectivity index (χ1v) is 7.24. The Bertz CT molecular complexity index is 562. The molecule has 0 atom stereocenters. The van der Waals surface area contributed by atoms with E-state index in [0.717, 1.165) is 6.54 Å². The van der Waals surface area contributed by atoms with E-state index in [1.165, 1.54) is 17.2 Å². The van der Waals surface area contributed by atoms with E-state index in [1.54, 1.807) is 4.90 Å². The standard InChI is InChI=1S/C14H19ClN4O2/c1-9(2)7-18-3-4-19(8-12(18)20)14(21)10-5-11(15)13(16)17-6-10/h5-6,9H,3-4,7-8H2,1-2H3,(H2,16,17). The van der Waals surface area contributed by atoms with Gasteiger partial charge in [0.2, 0.25) is 5.91 Å². The molecule has 2 heterocycles. The molecule has 0 spiro atoms. The second kappa shape index (κ2) is 6.30. The fourth-order valence-electron chi connectivity index (χ4n) is 2.26. The summed E-state index contributed by atoms with van der Waals surface area (Å²) in [4.78, 5) is 31.6. The van der Waals surface area contributed by atoms with Crippen molar-refractivity contribution in [3.05, 3.63) is 22.8 Å². The molecular formula is C14H19ClN4O2. The Labute approximate surface area is 128 Å². The monoisotopic (exact) mass is 310 g/mol. The van der Waals surface area contributed by atoms with E-state index < -0.39 is 0 Å². The Morgan fingerprint density at radius 1 is 1.48 bits per heavy atom. The Kier molecular flexibility index (Phi) is 4.67. The molecule has 2 amide bonds. The summed E-state index contributed by atoms with van der Waals surface area (Å²) in [7, 11) is 0. The molecule has 0 saturated carbocycles. The van der Waals surface area contributed by atoms with Crippen molar-refractivity contribution in [1.29, 1.82) is 0 Å². The molecule has 0 radical (unpaired) electrons. The number of rotatable bonds is 3. The predicted octanol–water partition coefficient (Wildman–Crippen LogP) is 1.26. The lowest BCUT2D eigenvalue weighted by Gasteiger charge is -2.35. The van der Waals surface area contributed by atoms with Gasteiger partial charge in [0, 0.05) is 25.8 Å². The lowest BCUT2D eigenvalue weighted by Crippen LogP contribution is -2.53. The Hall–Kier alpha value is -1.82. The van der Waals surface area contributed by atoms with Gasteiger partial charge in [-0.25, -0.2) is 4.98 Å². The molecule has 6 nitrogen and oxygen atoms in total. The van der Waals surface area contributed by atoms with E-state index in [-0.39, 0.29) is 29.2 Å². The van der Waals surface area contributed by atoms with Crippen LogP contribution in [0, 0.1) is 5.92 Å². The van der Waals surface area contributed by atoms with Gasteiger partial charge in [0.05, 0.1) is 10.6 Å². The van der Waals surface area contributed by atoms with Crippen LogP contribution in [-0.4, -0.2) is 52.8 Å². The summed E-state index contributed by atoms with van der Waals surface area (Å²) in [5, 5.41) is 0.241. The fourth-order valence-corrected chi connectivity index (χ4v) is 2.43. The van der Waals surface area contributed by atoms with Crippen molar-refractivity contribution in [1.82, 2.24) is 14.8 Å². The normalized spacial score (nSPS) is 15.7. The average molecular weight is 311 g/mol. The van der Waals surface area contributed by atoms with Gasteiger partial charge in [0.1, 0.15) is 12.4 Å². The van der Waals surface area contributed by atoms with Gasteiger partial charge in [-0.05, 0) is 12.0 Å². The molecule has 1 aliphatic heterocycles. The molecule has 7 heteroatoms. The van der Waals surface area contributed by atoms with Gasteiger partial charge in [-0.15, -0.1) is 0 Å². The van der Waals surface area contributed by atoms with Crippen molar-refractivity contribution in [2.75, 3.05) is 31.9 Å². The first kappa shape index (κ1) is 15.6. The van der Waals surface area contributed by atoms with E-state index in [1.807, 2.05) is 0 Å². The number of nitrogen functional groups attached to an aromatic ring is 1. The van der Waals surface area contributed by atoms with Gasteiger partial charge in [0.25, 0.3) is 5.91 Å². The summed E-state index contributed by atoms with van der Waals surface area (Å²) >= 11 is 5.87. The highest BCUT2D eigenvalue weighted by molar-refractivity contribution is 6.33. The highest BCUT2D eigenvalue weighted by Gasteiger charge is 2.28. The van der Waals surface area contributed by atoms with Crippen LogP contribution in [0.2, 0.25) is 5.02 Å². The van der Waals surface area contributed by atoms with Crippen LogP contribution in [0.5, 0.6) is 0 Å². The first-order chi connectivity index (χ1) is 9.88. The first-order valence-electron chi connectivity index (χ1n) is 6.86. The largest absolute Gasteiger partial charge is 0.382 e. The number of nitrogens with two attached hydrogens (primary N) is 1. The minimum absolute atomic E-state index is 0.0298. The van der Waals surface area contributed by atoms with Gasteiger partial charge in [-0.2, -0.15) is 0 Å². The molecule has 1 aromatic rings. The van der Waals surface area contributed by atoms with Crippen LogP contribution in [0.4, 0.5) is 5.82 Å². The maximum atomic E-state index is 12.4. The smallest absolute Gasteiger partial charge is 0.256 e. The van der Waals surface area contributed by atoms with Gasteiger partial charge >= 0.3 is 0 Å². The molecule has 0 unspecified atom stereocenters. The van der Waals surface area contributed by atoms with Crippen molar-refractivity contribution in [3.63, 3.8) is 0 Å². The van der Waals surface area contributed by atoms with Gasteiger partial charge < -0.3 is 15.5 Å². The van der Waals surface area contributed by atoms with E-state index >= 15 is 0 Å². The number of carbonyl (C=O) groups is 2. The van der Waals surface area contributed by atoms with Crippen LogP contribution >= 0.6 is 11.6 Å². The summed E-state index contributed by atoms with van der Waals surface area (Å²) in [5.41, 5.74) is 5.87. The van der Waals surface area contributed by atoms with Gasteiger partial charge in [0.15, 0.2) is 0 Å². The minimum Gasteiger partial charge on any atom is -0.382 e. The van der Waals surface area contributed by atoms with E-state index in [9.17, 15) is 9.59 Å². The number of pyridine rings is 1. The minimum atomic E-state index is -0.248. The molecule has 1 aliphatic rings. The van der Waals surface area contributed by atoms with Crippen LogP contribution < -0.4 is 5.73 Å². The van der Waals surface area contributed by atoms with Gasteiger partial charge in [-0.3, -0.25) is 9.59 Å². The van der Waals surface area contributed by atoms with Crippen molar-refractivity contribution >= 4 is 29.2 Å². The molecule has 0 aromatic carbocycles. The van der Waals surface area contributed by atoms with Crippen LogP contribution in [-0.2, 0) is 4.79 Å². The molecular weight excluding hydrogens is 292 g/mol. The summed E-state index contributed by atoms with van der Waals surface area (Å²) in [6.07, 6.45) is 1.38. The lowest BCUT2D eigenvalue weighted by atomic mass is 10.1. The number of anilines is 1. The van der Waals surface area contributed by atoms with E-state index in [2.05, 4.69) is 18.8 Å². The average Bonchev–Trinajstić information content (AvgIpc) is 2.43. The van der Waals surface area contributed by atoms with Crippen LogP contribution in [0.25, 0.3) is 0 Å². The highest BCUT2D eigenvalue weighted by atomic mass is 35.5. The summed E-state index contributed by atoms with van der Waals surface area (Å²) in [6.45, 7) is 6.00. The number of halogens is 1. The Morgan fingerprint density at radius 2 is 2.19 bits per heavy atom. The summed E-state index contributed by atoms with van der Waals surface area (Å²) in [6, 6.07) is 1.48. The zero-order chi connectivity index (χ0) is 15.6. The van der Waals surface area contributed by atoms with Crippen LogP contribution in [0.1, 0.15) is 24.2 Å². The third-order valence-electron chi connectivity index (χ3n) is 3.31. The van der Waals surface area contributed by atoms with Crippen LogP contribution in [0.15, 0.2) is 12.3 Å². The quantitative estimate of drug-likeness (QED) is 0.911. The number of carbonyl (C=O) groups excluding carboxylic acids is 2. The van der Waals surface area contributed by atoms with Gasteiger partial charge in [-0.1, -0.05) is 25.4 Å². The Morgan fingerprint density at radius 3 is 2.76 bits per heavy atom. The second-order valence-corrected chi connectivity index (χ2v) is 5.96. The number of aromatic nitrogens is 1. The van der Waals surface area contributed by atoms with Crippen molar-refractivity contribution in [2.45, 2.75) is 13.8 Å². The molecule has 114 valence electrons. The number of hydrogen-bond acceptors (Lipinski definition) is 4. The summed E-state index contributed by atoms with van der Waals surface area (Å²) in [5.74, 6) is 0.321. The maximum absolute atomic E-state index is 12.4. The molecule has 21 heavy (non-hydrogen) atoms. The third kappa shape index (κ3) is 3.64. The molecule has 1 saturated heterocycles. The van der Waals surface area contributed by atoms with E-state index in [4.69, 9.17) is 17.3 Å².